The van der Waals surface area contributed by atoms with Crippen molar-refractivity contribution in [1.82, 2.24) is 10.2 Å². The van der Waals surface area contributed by atoms with Crippen LogP contribution in [0.2, 0.25) is 0 Å². The Bertz CT molecular complexity index is 253. The molecule has 0 aromatic heterocycles. The van der Waals surface area contributed by atoms with Gasteiger partial charge in [-0.15, -0.1) is 0 Å². The maximum Gasteiger partial charge on any atom is 0.234 e. The summed E-state index contributed by atoms with van der Waals surface area (Å²) in [5.74, 6) is -0.226. The van der Waals surface area contributed by atoms with E-state index in [0.717, 1.165) is 32.5 Å². The molecule has 1 aliphatic heterocycles. The summed E-state index contributed by atoms with van der Waals surface area (Å²) in [6.45, 7) is 9.60. The number of hydrogen-bond acceptors (Lipinski definition) is 3. The molecule has 0 saturated carbocycles. The molecule has 0 aromatic rings. The Balaban J connectivity index is 2.38. The van der Waals surface area contributed by atoms with Crippen molar-refractivity contribution < 1.29 is 4.79 Å². The Morgan fingerprint density at radius 3 is 2.71 bits per heavy atom. The van der Waals surface area contributed by atoms with Crippen LogP contribution in [0.3, 0.4) is 0 Å². The lowest BCUT2D eigenvalue weighted by Gasteiger charge is -2.32. The van der Waals surface area contributed by atoms with Crippen LogP contribution in [0.15, 0.2) is 0 Å². The second-order valence-corrected chi connectivity index (χ2v) is 5.60. The first kappa shape index (κ1) is 14.5. The smallest absolute Gasteiger partial charge is 0.234 e. The number of rotatable bonds is 7. The summed E-state index contributed by atoms with van der Waals surface area (Å²) in [6.07, 6.45) is 4.35. The van der Waals surface area contributed by atoms with E-state index in [4.69, 9.17) is 5.73 Å². The first-order valence-corrected chi connectivity index (χ1v) is 6.75. The number of hydrogen-bond donors (Lipinski definition) is 2. The molecule has 100 valence electrons. The fourth-order valence-corrected chi connectivity index (χ4v) is 2.53. The lowest BCUT2D eigenvalue weighted by molar-refractivity contribution is -0.120. The van der Waals surface area contributed by atoms with Crippen LogP contribution in [-0.2, 0) is 4.79 Å². The number of nitrogens with two attached hydrogens (primary N) is 1. The molecule has 0 spiro atoms. The number of likely N-dealkylation sites (tertiary alicyclic amines) is 1. The zero-order valence-corrected chi connectivity index (χ0v) is 11.5. The van der Waals surface area contributed by atoms with Crippen LogP contribution < -0.4 is 11.1 Å². The molecule has 0 aliphatic carbocycles. The van der Waals surface area contributed by atoms with Crippen molar-refractivity contribution in [3.8, 4) is 0 Å². The molecule has 3 N–H and O–H groups in total. The highest BCUT2D eigenvalue weighted by Crippen LogP contribution is 2.28. The standard InChI is InChI=1S/C13H27N3O/c1-4-8-15-11(12(14)17)6-10-16-9-5-7-13(16,2)3/h11,15H,4-10H2,1-3H3,(H2,14,17). The zero-order chi connectivity index (χ0) is 12.9. The third-order valence-corrected chi connectivity index (χ3v) is 3.74. The van der Waals surface area contributed by atoms with Crippen LogP contribution in [0.5, 0.6) is 0 Å². The van der Waals surface area contributed by atoms with Gasteiger partial charge in [-0.05, 0) is 52.6 Å². The van der Waals surface area contributed by atoms with Crippen molar-refractivity contribution in [1.29, 1.82) is 0 Å². The average molecular weight is 241 g/mol. The topological polar surface area (TPSA) is 58.4 Å². The van der Waals surface area contributed by atoms with Crippen LogP contribution in [0.4, 0.5) is 0 Å². The van der Waals surface area contributed by atoms with Gasteiger partial charge < -0.3 is 11.1 Å². The van der Waals surface area contributed by atoms with Crippen LogP contribution >= 0.6 is 0 Å². The van der Waals surface area contributed by atoms with Gasteiger partial charge in [0.1, 0.15) is 0 Å². The first-order chi connectivity index (χ1) is 7.97. The molecule has 1 amide bonds. The van der Waals surface area contributed by atoms with Gasteiger partial charge in [0.05, 0.1) is 6.04 Å². The second kappa shape index (κ2) is 6.36. The molecule has 1 aliphatic rings. The van der Waals surface area contributed by atoms with Crippen LogP contribution in [0.25, 0.3) is 0 Å². The van der Waals surface area contributed by atoms with Gasteiger partial charge in [-0.2, -0.15) is 0 Å². The molecule has 4 nitrogen and oxygen atoms in total. The van der Waals surface area contributed by atoms with Crippen molar-refractivity contribution in [2.75, 3.05) is 19.6 Å². The molecule has 4 heteroatoms. The van der Waals surface area contributed by atoms with Crippen molar-refractivity contribution in [2.45, 2.75) is 58.0 Å². The Morgan fingerprint density at radius 2 is 2.24 bits per heavy atom. The Hall–Kier alpha value is -0.610. The van der Waals surface area contributed by atoms with E-state index < -0.39 is 0 Å². The van der Waals surface area contributed by atoms with Crippen LogP contribution in [0, 0.1) is 0 Å². The van der Waals surface area contributed by atoms with E-state index in [2.05, 4.69) is 31.0 Å². The third kappa shape index (κ3) is 4.28. The quantitative estimate of drug-likeness (QED) is 0.702. The maximum absolute atomic E-state index is 11.3. The minimum Gasteiger partial charge on any atom is -0.368 e. The van der Waals surface area contributed by atoms with E-state index in [1.807, 2.05) is 0 Å². The summed E-state index contributed by atoms with van der Waals surface area (Å²) in [7, 11) is 0. The molecule has 17 heavy (non-hydrogen) atoms. The number of nitrogens with one attached hydrogen (secondary N) is 1. The molecular weight excluding hydrogens is 214 g/mol. The molecule has 0 radical (unpaired) electrons. The highest BCUT2D eigenvalue weighted by molar-refractivity contribution is 5.79. The number of carbonyl (C=O) groups is 1. The fourth-order valence-electron chi connectivity index (χ4n) is 2.53. The van der Waals surface area contributed by atoms with E-state index in [-0.39, 0.29) is 17.5 Å². The number of primary amides is 1. The van der Waals surface area contributed by atoms with Crippen molar-refractivity contribution >= 4 is 5.91 Å². The van der Waals surface area contributed by atoms with Gasteiger partial charge in [-0.3, -0.25) is 9.69 Å². The van der Waals surface area contributed by atoms with E-state index in [1.54, 1.807) is 0 Å². The predicted molar refractivity (Wildman–Crippen MR) is 70.8 cm³/mol. The molecule has 1 heterocycles. The molecule has 0 bridgehead atoms. The Morgan fingerprint density at radius 1 is 1.53 bits per heavy atom. The van der Waals surface area contributed by atoms with E-state index in [9.17, 15) is 4.79 Å². The average Bonchev–Trinajstić information content (AvgIpc) is 2.57. The number of amides is 1. The van der Waals surface area contributed by atoms with Gasteiger partial charge in [-0.25, -0.2) is 0 Å². The molecule has 1 saturated heterocycles. The fraction of sp³-hybridized carbons (Fsp3) is 0.923. The van der Waals surface area contributed by atoms with Crippen LogP contribution in [0.1, 0.15) is 46.5 Å². The van der Waals surface area contributed by atoms with Gasteiger partial charge in [0.15, 0.2) is 0 Å². The summed E-state index contributed by atoms with van der Waals surface area (Å²) in [6, 6.07) is -0.175. The van der Waals surface area contributed by atoms with Crippen LogP contribution in [-0.4, -0.2) is 42.0 Å². The SMILES string of the molecule is CCCNC(CCN1CCCC1(C)C)C(N)=O. The van der Waals surface area contributed by atoms with Gasteiger partial charge in [0.2, 0.25) is 5.91 Å². The Labute approximate surface area is 105 Å². The van der Waals surface area contributed by atoms with E-state index in [1.165, 1.54) is 12.8 Å². The highest BCUT2D eigenvalue weighted by Gasteiger charge is 2.32. The number of nitrogens with zero attached hydrogens (tertiary/aromatic N) is 1. The monoisotopic (exact) mass is 241 g/mol. The van der Waals surface area contributed by atoms with Crippen molar-refractivity contribution in [2.24, 2.45) is 5.73 Å². The zero-order valence-electron chi connectivity index (χ0n) is 11.5. The summed E-state index contributed by atoms with van der Waals surface area (Å²) in [5.41, 5.74) is 5.69. The summed E-state index contributed by atoms with van der Waals surface area (Å²) < 4.78 is 0. The lowest BCUT2D eigenvalue weighted by Crippen LogP contribution is -2.46. The highest BCUT2D eigenvalue weighted by atomic mass is 16.1. The Kier molecular flexibility index (Phi) is 5.40. The molecule has 1 atom stereocenters. The lowest BCUT2D eigenvalue weighted by atomic mass is 10.0. The number of carbonyl (C=O) groups excluding carboxylic acids is 1. The molecule has 1 fully saturated rings. The van der Waals surface area contributed by atoms with E-state index >= 15 is 0 Å². The van der Waals surface area contributed by atoms with E-state index in [0.29, 0.717) is 0 Å². The van der Waals surface area contributed by atoms with Gasteiger partial charge in [-0.1, -0.05) is 6.92 Å². The predicted octanol–water partition coefficient (Wildman–Crippen LogP) is 1.10. The van der Waals surface area contributed by atoms with Gasteiger partial charge >= 0.3 is 0 Å². The summed E-state index contributed by atoms with van der Waals surface area (Å²) >= 11 is 0. The molecule has 0 aromatic carbocycles. The largest absolute Gasteiger partial charge is 0.368 e. The molecular formula is C13H27N3O. The third-order valence-electron chi connectivity index (χ3n) is 3.74. The first-order valence-electron chi connectivity index (χ1n) is 6.75. The minimum absolute atomic E-state index is 0.175. The van der Waals surface area contributed by atoms with Gasteiger partial charge in [0.25, 0.3) is 0 Å². The maximum atomic E-state index is 11.3. The van der Waals surface area contributed by atoms with Crippen molar-refractivity contribution in [3.05, 3.63) is 0 Å². The second-order valence-electron chi connectivity index (χ2n) is 5.60. The molecule has 1 rings (SSSR count). The summed E-state index contributed by atoms with van der Waals surface area (Å²) in [5, 5.41) is 3.22. The van der Waals surface area contributed by atoms with Gasteiger partial charge in [0, 0.05) is 12.1 Å². The van der Waals surface area contributed by atoms with Crippen molar-refractivity contribution in [3.63, 3.8) is 0 Å². The summed E-state index contributed by atoms with van der Waals surface area (Å²) in [4.78, 5) is 13.8. The minimum atomic E-state index is -0.226. The molecule has 1 unspecified atom stereocenters. The normalized spacial score (nSPS) is 21.6.